The molecule has 0 aromatic heterocycles. The zero-order valence-corrected chi connectivity index (χ0v) is 12.6. The van der Waals surface area contributed by atoms with Gasteiger partial charge in [0.1, 0.15) is 0 Å². The number of nitrogens with zero attached hydrogens (tertiary/aromatic N) is 2. The molecule has 0 N–H and O–H groups in total. The van der Waals surface area contributed by atoms with Crippen molar-refractivity contribution in [1.82, 2.24) is 9.80 Å². The van der Waals surface area contributed by atoms with E-state index in [9.17, 15) is 0 Å². The Kier molecular flexibility index (Phi) is 3.11. The first-order chi connectivity index (χ1) is 7.69. The molecule has 0 bridgehead atoms. The second-order valence-electron chi connectivity index (χ2n) is 7.72. The Hall–Kier alpha value is -0.0800. The van der Waals surface area contributed by atoms with E-state index in [0.717, 1.165) is 0 Å². The minimum absolute atomic E-state index is 0.302. The van der Waals surface area contributed by atoms with Gasteiger partial charge in [-0.3, -0.25) is 4.90 Å². The summed E-state index contributed by atoms with van der Waals surface area (Å²) < 4.78 is 0. The third-order valence-electron chi connectivity index (χ3n) is 5.54. The van der Waals surface area contributed by atoms with Crippen LogP contribution >= 0.6 is 0 Å². The summed E-state index contributed by atoms with van der Waals surface area (Å²) in [6.07, 6.45) is 4.15. The van der Waals surface area contributed by atoms with Crippen LogP contribution < -0.4 is 0 Å². The molecule has 2 nitrogen and oxygen atoms in total. The van der Waals surface area contributed by atoms with Gasteiger partial charge in [0.25, 0.3) is 0 Å². The number of piperidine rings is 1. The van der Waals surface area contributed by atoms with E-state index in [4.69, 9.17) is 0 Å². The zero-order valence-electron chi connectivity index (χ0n) is 12.6. The molecule has 2 aliphatic rings. The van der Waals surface area contributed by atoms with Crippen LogP contribution in [0.1, 0.15) is 53.9 Å². The molecule has 100 valence electrons. The van der Waals surface area contributed by atoms with Crippen LogP contribution in [0.25, 0.3) is 0 Å². The summed E-state index contributed by atoms with van der Waals surface area (Å²) in [7, 11) is 2.26. The summed E-state index contributed by atoms with van der Waals surface area (Å²) in [5.74, 6) is 0. The van der Waals surface area contributed by atoms with Crippen molar-refractivity contribution in [2.45, 2.75) is 65.0 Å². The lowest BCUT2D eigenvalue weighted by Crippen LogP contribution is -2.58. The minimum Gasteiger partial charge on any atom is -0.306 e. The highest BCUT2D eigenvalue weighted by molar-refractivity contribution is 5.10. The standard InChI is InChI=1S/C15H30N2/c1-13(2,3)17-12-9-15(14(17,4)5)7-10-16(6)11-8-15/h7-12H2,1-6H3. The maximum absolute atomic E-state index is 2.74. The largest absolute Gasteiger partial charge is 0.306 e. The van der Waals surface area contributed by atoms with Crippen LogP contribution in [0.5, 0.6) is 0 Å². The molecule has 2 rings (SSSR count). The predicted molar refractivity (Wildman–Crippen MR) is 74.3 cm³/mol. The fourth-order valence-electron chi connectivity index (χ4n) is 4.28. The second-order valence-corrected chi connectivity index (χ2v) is 7.72. The van der Waals surface area contributed by atoms with Crippen LogP contribution in [-0.4, -0.2) is 47.6 Å². The molecule has 2 heterocycles. The SMILES string of the molecule is CN1CCC2(CC1)CCN(C(C)(C)C)C2(C)C. The summed E-state index contributed by atoms with van der Waals surface area (Å²) in [5, 5.41) is 0. The third-order valence-corrected chi connectivity index (χ3v) is 5.54. The molecule has 0 atom stereocenters. The maximum Gasteiger partial charge on any atom is 0.0216 e. The molecule has 0 unspecified atom stereocenters. The van der Waals surface area contributed by atoms with E-state index in [0.29, 0.717) is 16.5 Å². The van der Waals surface area contributed by atoms with E-state index < -0.39 is 0 Å². The predicted octanol–water partition coefficient (Wildman–Crippen LogP) is 2.98. The van der Waals surface area contributed by atoms with Gasteiger partial charge in [-0.25, -0.2) is 0 Å². The Morgan fingerprint density at radius 2 is 1.35 bits per heavy atom. The monoisotopic (exact) mass is 238 g/mol. The number of rotatable bonds is 0. The van der Waals surface area contributed by atoms with Gasteiger partial charge in [-0.1, -0.05) is 0 Å². The summed E-state index contributed by atoms with van der Waals surface area (Å²) in [4.78, 5) is 5.23. The maximum atomic E-state index is 2.74. The second kappa shape index (κ2) is 3.96. The van der Waals surface area contributed by atoms with Gasteiger partial charge in [-0.05, 0) is 86.0 Å². The first-order valence-corrected chi connectivity index (χ1v) is 7.15. The van der Waals surface area contributed by atoms with E-state index in [-0.39, 0.29) is 0 Å². The van der Waals surface area contributed by atoms with E-state index in [1.54, 1.807) is 0 Å². The van der Waals surface area contributed by atoms with E-state index in [1.165, 1.54) is 38.9 Å². The van der Waals surface area contributed by atoms with Crippen LogP contribution in [0, 0.1) is 5.41 Å². The Labute approximate surface area is 107 Å². The zero-order chi connectivity index (χ0) is 12.9. The smallest absolute Gasteiger partial charge is 0.0216 e. The van der Waals surface area contributed by atoms with Crippen molar-refractivity contribution in [3.8, 4) is 0 Å². The minimum atomic E-state index is 0.302. The Morgan fingerprint density at radius 3 is 1.76 bits per heavy atom. The molecule has 2 aliphatic heterocycles. The van der Waals surface area contributed by atoms with Gasteiger partial charge in [0.05, 0.1) is 0 Å². The highest BCUT2D eigenvalue weighted by Gasteiger charge is 2.55. The van der Waals surface area contributed by atoms with Crippen LogP contribution in [0.3, 0.4) is 0 Å². The first kappa shape index (κ1) is 13.4. The van der Waals surface area contributed by atoms with Crippen molar-refractivity contribution in [1.29, 1.82) is 0 Å². The summed E-state index contributed by atoms with van der Waals surface area (Å²) in [6, 6.07) is 0. The number of hydrogen-bond donors (Lipinski definition) is 0. The molecule has 0 aromatic rings. The van der Waals surface area contributed by atoms with Crippen LogP contribution in [0.15, 0.2) is 0 Å². The van der Waals surface area contributed by atoms with Crippen molar-refractivity contribution in [2.75, 3.05) is 26.7 Å². The van der Waals surface area contributed by atoms with Crippen molar-refractivity contribution in [3.05, 3.63) is 0 Å². The van der Waals surface area contributed by atoms with E-state index >= 15 is 0 Å². The fraction of sp³-hybridized carbons (Fsp3) is 1.00. The van der Waals surface area contributed by atoms with Gasteiger partial charge >= 0.3 is 0 Å². The van der Waals surface area contributed by atoms with Crippen molar-refractivity contribution in [2.24, 2.45) is 5.41 Å². The lowest BCUT2D eigenvalue weighted by atomic mass is 9.65. The molecule has 0 aromatic carbocycles. The van der Waals surface area contributed by atoms with Gasteiger partial charge < -0.3 is 4.90 Å². The topological polar surface area (TPSA) is 6.48 Å². The number of likely N-dealkylation sites (tertiary alicyclic amines) is 2. The molecular formula is C15H30N2. The first-order valence-electron chi connectivity index (χ1n) is 7.15. The normalized spacial score (nSPS) is 30.0. The molecule has 0 saturated carbocycles. The highest BCUT2D eigenvalue weighted by atomic mass is 15.3. The molecule has 2 heteroatoms. The molecule has 0 radical (unpaired) electrons. The van der Waals surface area contributed by atoms with E-state index in [1.807, 2.05) is 0 Å². The Balaban J connectivity index is 2.22. The molecule has 2 saturated heterocycles. The van der Waals surface area contributed by atoms with Gasteiger partial charge in [0.2, 0.25) is 0 Å². The molecule has 0 aliphatic carbocycles. The third kappa shape index (κ3) is 2.04. The molecule has 17 heavy (non-hydrogen) atoms. The molecular weight excluding hydrogens is 208 g/mol. The van der Waals surface area contributed by atoms with Gasteiger partial charge in [-0.15, -0.1) is 0 Å². The fourth-order valence-corrected chi connectivity index (χ4v) is 4.28. The van der Waals surface area contributed by atoms with Crippen molar-refractivity contribution in [3.63, 3.8) is 0 Å². The van der Waals surface area contributed by atoms with Gasteiger partial charge in [0, 0.05) is 11.1 Å². The highest BCUT2D eigenvalue weighted by Crippen LogP contribution is 2.53. The summed E-state index contributed by atoms with van der Waals surface area (Å²) in [6.45, 7) is 15.9. The Morgan fingerprint density at radius 1 is 0.882 bits per heavy atom. The van der Waals surface area contributed by atoms with Crippen molar-refractivity contribution >= 4 is 0 Å². The van der Waals surface area contributed by atoms with E-state index in [2.05, 4.69) is 51.5 Å². The Bertz CT molecular complexity index is 280. The summed E-state index contributed by atoms with van der Waals surface area (Å²) >= 11 is 0. The number of hydrogen-bond acceptors (Lipinski definition) is 2. The average molecular weight is 238 g/mol. The van der Waals surface area contributed by atoms with Gasteiger partial charge in [-0.2, -0.15) is 0 Å². The average Bonchev–Trinajstić information content (AvgIpc) is 2.43. The summed E-state index contributed by atoms with van der Waals surface area (Å²) in [5.41, 5.74) is 1.22. The lowest BCUT2D eigenvalue weighted by molar-refractivity contribution is -0.0227. The van der Waals surface area contributed by atoms with Crippen LogP contribution in [0.2, 0.25) is 0 Å². The van der Waals surface area contributed by atoms with Crippen LogP contribution in [-0.2, 0) is 0 Å². The molecule has 1 spiro atoms. The lowest BCUT2D eigenvalue weighted by Gasteiger charge is -2.52. The quantitative estimate of drug-likeness (QED) is 0.640. The van der Waals surface area contributed by atoms with Gasteiger partial charge in [0.15, 0.2) is 0 Å². The van der Waals surface area contributed by atoms with Crippen molar-refractivity contribution < 1.29 is 0 Å². The molecule has 0 amide bonds. The molecule has 2 fully saturated rings. The van der Waals surface area contributed by atoms with Crippen LogP contribution in [0.4, 0.5) is 0 Å².